The predicted molar refractivity (Wildman–Crippen MR) is 68.3 cm³/mol. The van der Waals surface area contributed by atoms with Gasteiger partial charge >= 0.3 is 0 Å². The van der Waals surface area contributed by atoms with Gasteiger partial charge in [-0.25, -0.2) is 0 Å². The number of aliphatic hydroxyl groups is 1. The lowest BCUT2D eigenvalue weighted by molar-refractivity contribution is 0.0953. The molecule has 4 nitrogen and oxygen atoms in total. The Morgan fingerprint density at radius 2 is 2.00 bits per heavy atom. The van der Waals surface area contributed by atoms with Crippen molar-refractivity contribution in [3.63, 3.8) is 0 Å². The maximum Gasteiger partial charge on any atom is 0.251 e. The highest BCUT2D eigenvalue weighted by Crippen LogP contribution is 2.08. The Morgan fingerprint density at radius 3 is 2.59 bits per heavy atom. The first kappa shape index (κ1) is 14.0. The number of carbonyl (C=O) groups is 1. The minimum absolute atomic E-state index is 0.125. The lowest BCUT2D eigenvalue weighted by Gasteiger charge is -2.08. The van der Waals surface area contributed by atoms with Crippen LogP contribution in [0.5, 0.6) is 0 Å². The molecule has 0 spiro atoms. The summed E-state index contributed by atoms with van der Waals surface area (Å²) in [5, 5.41) is 15.4. The highest BCUT2D eigenvalue weighted by Gasteiger charge is 2.03. The van der Waals surface area contributed by atoms with Crippen LogP contribution >= 0.6 is 11.6 Å². The molecule has 1 amide bonds. The van der Waals surface area contributed by atoms with E-state index in [1.807, 2.05) is 0 Å². The topological polar surface area (TPSA) is 61.4 Å². The fraction of sp³-hybridized carbons (Fsp3) is 0.417. The molecule has 5 heteroatoms. The van der Waals surface area contributed by atoms with Gasteiger partial charge in [0, 0.05) is 30.2 Å². The highest BCUT2D eigenvalue weighted by atomic mass is 35.5. The minimum Gasteiger partial charge on any atom is -0.392 e. The monoisotopic (exact) mass is 256 g/mol. The third-order valence-corrected chi connectivity index (χ3v) is 2.39. The molecule has 0 aromatic heterocycles. The molecule has 0 saturated heterocycles. The van der Waals surface area contributed by atoms with Crippen LogP contribution in [0.4, 0.5) is 0 Å². The maximum absolute atomic E-state index is 11.6. The molecule has 0 aliphatic rings. The van der Waals surface area contributed by atoms with Gasteiger partial charge in [-0.3, -0.25) is 4.79 Å². The van der Waals surface area contributed by atoms with Crippen LogP contribution in [0.15, 0.2) is 24.3 Å². The highest BCUT2D eigenvalue weighted by molar-refractivity contribution is 6.30. The summed E-state index contributed by atoms with van der Waals surface area (Å²) in [6.07, 6.45) is -0.373. The summed E-state index contributed by atoms with van der Waals surface area (Å²) in [5.41, 5.74) is 0.588. The fourth-order valence-electron chi connectivity index (χ4n) is 1.28. The number of hydrogen-bond donors (Lipinski definition) is 3. The van der Waals surface area contributed by atoms with E-state index in [1.165, 1.54) is 0 Å². The fourth-order valence-corrected chi connectivity index (χ4v) is 1.40. The van der Waals surface area contributed by atoms with E-state index in [0.29, 0.717) is 30.2 Å². The SMILES string of the molecule is CC(O)CNCCNC(=O)c1ccc(Cl)cc1. The van der Waals surface area contributed by atoms with Crippen LogP contribution in [0.25, 0.3) is 0 Å². The Morgan fingerprint density at radius 1 is 1.35 bits per heavy atom. The van der Waals surface area contributed by atoms with Crippen molar-refractivity contribution in [2.24, 2.45) is 0 Å². The van der Waals surface area contributed by atoms with Gasteiger partial charge in [-0.15, -0.1) is 0 Å². The summed E-state index contributed by atoms with van der Waals surface area (Å²) in [4.78, 5) is 11.6. The van der Waals surface area contributed by atoms with Gasteiger partial charge in [0.05, 0.1) is 6.10 Å². The van der Waals surface area contributed by atoms with Gasteiger partial charge in [-0.2, -0.15) is 0 Å². The lowest BCUT2D eigenvalue weighted by atomic mass is 10.2. The molecule has 1 aromatic rings. The van der Waals surface area contributed by atoms with Crippen LogP contribution < -0.4 is 10.6 Å². The molecule has 0 radical (unpaired) electrons. The predicted octanol–water partition coefficient (Wildman–Crippen LogP) is 1.04. The van der Waals surface area contributed by atoms with Crippen molar-refractivity contribution >= 4 is 17.5 Å². The quantitative estimate of drug-likeness (QED) is 0.667. The molecule has 0 aliphatic carbocycles. The van der Waals surface area contributed by atoms with E-state index >= 15 is 0 Å². The van der Waals surface area contributed by atoms with E-state index in [9.17, 15) is 4.79 Å². The number of amides is 1. The average Bonchev–Trinajstić information content (AvgIpc) is 2.29. The molecule has 0 saturated carbocycles. The summed E-state index contributed by atoms with van der Waals surface area (Å²) < 4.78 is 0. The molecule has 3 N–H and O–H groups in total. The van der Waals surface area contributed by atoms with Crippen molar-refractivity contribution in [1.82, 2.24) is 10.6 Å². The Hall–Kier alpha value is -1.10. The van der Waals surface area contributed by atoms with E-state index in [2.05, 4.69) is 10.6 Å². The molecule has 0 bridgehead atoms. The maximum atomic E-state index is 11.6. The van der Waals surface area contributed by atoms with Crippen LogP contribution in [-0.2, 0) is 0 Å². The standard InChI is InChI=1S/C12H17ClN2O2/c1-9(16)8-14-6-7-15-12(17)10-2-4-11(13)5-3-10/h2-5,9,14,16H,6-8H2,1H3,(H,15,17). The van der Waals surface area contributed by atoms with Crippen LogP contribution in [0.2, 0.25) is 5.02 Å². The van der Waals surface area contributed by atoms with Crippen LogP contribution in [0.3, 0.4) is 0 Å². The van der Waals surface area contributed by atoms with Gasteiger partial charge in [0.2, 0.25) is 0 Å². The Bertz CT molecular complexity index is 352. The first-order valence-electron chi connectivity index (χ1n) is 5.52. The third kappa shape index (κ3) is 5.68. The second-order valence-electron chi connectivity index (χ2n) is 3.82. The number of rotatable bonds is 6. The zero-order chi connectivity index (χ0) is 12.7. The minimum atomic E-state index is -0.373. The molecule has 0 aliphatic heterocycles. The second-order valence-corrected chi connectivity index (χ2v) is 4.25. The average molecular weight is 257 g/mol. The summed E-state index contributed by atoms with van der Waals surface area (Å²) in [6.45, 7) is 3.38. The molecular formula is C12H17ClN2O2. The number of aliphatic hydroxyl groups excluding tert-OH is 1. The van der Waals surface area contributed by atoms with Crippen molar-refractivity contribution in [2.45, 2.75) is 13.0 Å². The molecule has 0 heterocycles. The molecule has 1 unspecified atom stereocenters. The number of nitrogens with one attached hydrogen (secondary N) is 2. The van der Waals surface area contributed by atoms with Crippen molar-refractivity contribution in [3.8, 4) is 0 Å². The molecule has 94 valence electrons. The smallest absolute Gasteiger partial charge is 0.251 e. The molecule has 0 fully saturated rings. The van der Waals surface area contributed by atoms with Crippen molar-refractivity contribution < 1.29 is 9.90 Å². The Kier molecular flexibility index (Phi) is 5.97. The first-order chi connectivity index (χ1) is 8.09. The summed E-state index contributed by atoms with van der Waals surface area (Å²) >= 11 is 5.73. The van der Waals surface area contributed by atoms with E-state index in [4.69, 9.17) is 16.7 Å². The lowest BCUT2D eigenvalue weighted by Crippen LogP contribution is -2.34. The zero-order valence-electron chi connectivity index (χ0n) is 9.74. The van der Waals surface area contributed by atoms with Crippen molar-refractivity contribution in [2.75, 3.05) is 19.6 Å². The van der Waals surface area contributed by atoms with Crippen molar-refractivity contribution in [1.29, 1.82) is 0 Å². The normalized spacial score (nSPS) is 12.2. The Balaban J connectivity index is 2.23. The van der Waals surface area contributed by atoms with Gasteiger partial charge in [-0.1, -0.05) is 11.6 Å². The van der Waals surface area contributed by atoms with Gasteiger partial charge in [0.1, 0.15) is 0 Å². The van der Waals surface area contributed by atoms with Gasteiger partial charge in [-0.05, 0) is 31.2 Å². The van der Waals surface area contributed by atoms with E-state index < -0.39 is 0 Å². The zero-order valence-corrected chi connectivity index (χ0v) is 10.5. The summed E-state index contributed by atoms with van der Waals surface area (Å²) in [5.74, 6) is -0.125. The molecular weight excluding hydrogens is 240 g/mol. The van der Waals surface area contributed by atoms with Crippen LogP contribution in [0.1, 0.15) is 17.3 Å². The largest absolute Gasteiger partial charge is 0.392 e. The van der Waals surface area contributed by atoms with Gasteiger partial charge in [0.15, 0.2) is 0 Å². The number of hydrogen-bond acceptors (Lipinski definition) is 3. The van der Waals surface area contributed by atoms with Gasteiger partial charge < -0.3 is 15.7 Å². The van der Waals surface area contributed by atoms with Crippen molar-refractivity contribution in [3.05, 3.63) is 34.9 Å². The Labute approximate surface area is 106 Å². The molecule has 17 heavy (non-hydrogen) atoms. The van der Waals surface area contributed by atoms with Crippen LogP contribution in [-0.4, -0.2) is 36.8 Å². The molecule has 1 aromatic carbocycles. The van der Waals surface area contributed by atoms with Gasteiger partial charge in [0.25, 0.3) is 5.91 Å². The number of halogens is 1. The number of benzene rings is 1. The molecule has 1 atom stereocenters. The third-order valence-electron chi connectivity index (χ3n) is 2.13. The summed E-state index contributed by atoms with van der Waals surface area (Å²) in [7, 11) is 0. The van der Waals surface area contributed by atoms with Crippen LogP contribution in [0, 0.1) is 0 Å². The summed E-state index contributed by atoms with van der Waals surface area (Å²) in [6, 6.07) is 6.73. The van der Waals surface area contributed by atoms with E-state index in [1.54, 1.807) is 31.2 Å². The second kappa shape index (κ2) is 7.27. The van der Waals surface area contributed by atoms with E-state index in [-0.39, 0.29) is 12.0 Å². The van der Waals surface area contributed by atoms with E-state index in [0.717, 1.165) is 0 Å². The molecule has 1 rings (SSSR count). The first-order valence-corrected chi connectivity index (χ1v) is 5.90. The number of carbonyl (C=O) groups excluding carboxylic acids is 1.